The van der Waals surface area contributed by atoms with E-state index >= 15 is 0 Å². The topological polar surface area (TPSA) is 78.9 Å². The number of pyridine rings is 1. The van der Waals surface area contributed by atoms with Crippen LogP contribution in [0.1, 0.15) is 21.8 Å². The largest absolute Gasteiger partial charge is 0.446 e. The molecule has 90 valence electrons. The van der Waals surface area contributed by atoms with Gasteiger partial charge in [-0.25, -0.2) is 0 Å². The van der Waals surface area contributed by atoms with Gasteiger partial charge in [0.1, 0.15) is 5.76 Å². The third-order valence-corrected chi connectivity index (χ3v) is 2.32. The monoisotopic (exact) mass is 241 g/mol. The van der Waals surface area contributed by atoms with Gasteiger partial charge in [-0.05, 0) is 25.1 Å². The molecular formula is C13H11N3O2. The van der Waals surface area contributed by atoms with Gasteiger partial charge >= 0.3 is 0 Å². The molecule has 0 radical (unpaired) electrons. The SMILES string of the molecule is Cc1ccc(NC(=O)c2ccnc(CC#N)c2)o1. The molecule has 1 amide bonds. The molecule has 5 nitrogen and oxygen atoms in total. The molecular weight excluding hydrogens is 230 g/mol. The molecule has 5 heteroatoms. The summed E-state index contributed by atoms with van der Waals surface area (Å²) in [5.41, 5.74) is 1.02. The Morgan fingerprint density at radius 2 is 2.33 bits per heavy atom. The first-order valence-corrected chi connectivity index (χ1v) is 5.38. The van der Waals surface area contributed by atoms with E-state index in [0.29, 0.717) is 17.1 Å². The van der Waals surface area contributed by atoms with E-state index in [1.54, 1.807) is 31.2 Å². The molecule has 1 N–H and O–H groups in total. The van der Waals surface area contributed by atoms with Crippen molar-refractivity contribution in [3.05, 3.63) is 47.5 Å². The number of anilines is 1. The van der Waals surface area contributed by atoms with E-state index in [1.807, 2.05) is 6.07 Å². The number of nitriles is 1. The molecule has 2 aromatic heterocycles. The number of hydrogen-bond acceptors (Lipinski definition) is 4. The Kier molecular flexibility index (Phi) is 3.39. The normalized spacial score (nSPS) is 9.78. The standard InChI is InChI=1S/C13H11N3O2/c1-9-2-3-12(18-9)16-13(17)10-5-7-15-11(8-10)4-6-14/h2-3,5,7-8H,4H2,1H3,(H,16,17). The van der Waals surface area contributed by atoms with Crippen molar-refractivity contribution in [2.75, 3.05) is 5.32 Å². The van der Waals surface area contributed by atoms with Gasteiger partial charge in [-0.15, -0.1) is 0 Å². The number of nitrogens with zero attached hydrogens (tertiary/aromatic N) is 2. The zero-order chi connectivity index (χ0) is 13.0. The van der Waals surface area contributed by atoms with Gasteiger partial charge in [0.2, 0.25) is 0 Å². The zero-order valence-electron chi connectivity index (χ0n) is 9.80. The fourth-order valence-corrected chi connectivity index (χ4v) is 1.48. The van der Waals surface area contributed by atoms with Crippen molar-refractivity contribution in [3.8, 4) is 6.07 Å². The molecule has 18 heavy (non-hydrogen) atoms. The van der Waals surface area contributed by atoms with Crippen LogP contribution >= 0.6 is 0 Å². The van der Waals surface area contributed by atoms with Crippen LogP contribution in [-0.2, 0) is 6.42 Å². The third-order valence-electron chi connectivity index (χ3n) is 2.32. The molecule has 0 spiro atoms. The molecule has 0 aliphatic rings. The lowest BCUT2D eigenvalue weighted by Gasteiger charge is -2.02. The second-order valence-corrected chi connectivity index (χ2v) is 3.74. The van der Waals surface area contributed by atoms with Crippen LogP contribution in [0.15, 0.2) is 34.9 Å². The van der Waals surface area contributed by atoms with Gasteiger partial charge in [0, 0.05) is 17.8 Å². The molecule has 2 aromatic rings. The lowest BCUT2D eigenvalue weighted by Crippen LogP contribution is -2.11. The summed E-state index contributed by atoms with van der Waals surface area (Å²) in [5.74, 6) is 0.840. The summed E-state index contributed by atoms with van der Waals surface area (Å²) in [6, 6.07) is 8.62. The average Bonchev–Trinajstić information content (AvgIpc) is 2.75. The first-order chi connectivity index (χ1) is 8.69. The van der Waals surface area contributed by atoms with E-state index in [2.05, 4.69) is 10.3 Å². The molecule has 0 saturated carbocycles. The maximum atomic E-state index is 11.9. The highest BCUT2D eigenvalue weighted by Gasteiger charge is 2.09. The van der Waals surface area contributed by atoms with E-state index in [4.69, 9.17) is 9.68 Å². The molecule has 0 fully saturated rings. The third kappa shape index (κ3) is 2.74. The second-order valence-electron chi connectivity index (χ2n) is 3.74. The average molecular weight is 241 g/mol. The predicted molar refractivity (Wildman–Crippen MR) is 65.0 cm³/mol. The summed E-state index contributed by atoms with van der Waals surface area (Å²) in [5, 5.41) is 11.2. The highest BCUT2D eigenvalue weighted by Crippen LogP contribution is 2.13. The highest BCUT2D eigenvalue weighted by molar-refractivity contribution is 6.03. The minimum atomic E-state index is -0.286. The Bertz CT molecular complexity index is 611. The van der Waals surface area contributed by atoms with Crippen LogP contribution in [0.4, 0.5) is 5.88 Å². The van der Waals surface area contributed by atoms with Crippen LogP contribution in [0.5, 0.6) is 0 Å². The van der Waals surface area contributed by atoms with Crippen molar-refractivity contribution in [2.24, 2.45) is 0 Å². The first-order valence-electron chi connectivity index (χ1n) is 5.38. The van der Waals surface area contributed by atoms with Gasteiger partial charge in [-0.1, -0.05) is 0 Å². The van der Waals surface area contributed by atoms with Crippen LogP contribution in [0.3, 0.4) is 0 Å². The molecule has 0 saturated heterocycles. The number of furan rings is 1. The number of hydrogen-bond donors (Lipinski definition) is 1. The van der Waals surface area contributed by atoms with Gasteiger partial charge in [0.15, 0.2) is 5.88 Å². The van der Waals surface area contributed by atoms with Crippen molar-refractivity contribution >= 4 is 11.8 Å². The van der Waals surface area contributed by atoms with E-state index in [1.165, 1.54) is 6.20 Å². The van der Waals surface area contributed by atoms with Gasteiger partial charge < -0.3 is 4.42 Å². The summed E-state index contributed by atoms with van der Waals surface area (Å²) >= 11 is 0. The summed E-state index contributed by atoms with van der Waals surface area (Å²) in [6.07, 6.45) is 1.69. The Morgan fingerprint density at radius 1 is 1.50 bits per heavy atom. The number of nitrogens with one attached hydrogen (secondary N) is 1. The van der Waals surface area contributed by atoms with Gasteiger partial charge in [-0.2, -0.15) is 5.26 Å². The van der Waals surface area contributed by atoms with Gasteiger partial charge in [0.25, 0.3) is 5.91 Å². The molecule has 2 rings (SSSR count). The predicted octanol–water partition coefficient (Wildman–Crippen LogP) is 2.30. The zero-order valence-corrected chi connectivity index (χ0v) is 9.80. The minimum Gasteiger partial charge on any atom is -0.446 e. The Morgan fingerprint density at radius 3 is 3.00 bits per heavy atom. The van der Waals surface area contributed by atoms with Crippen LogP contribution in [-0.4, -0.2) is 10.9 Å². The Labute approximate surface area is 104 Å². The number of carbonyl (C=O) groups is 1. The molecule has 0 unspecified atom stereocenters. The fourth-order valence-electron chi connectivity index (χ4n) is 1.48. The quantitative estimate of drug-likeness (QED) is 0.894. The Hall–Kier alpha value is -2.61. The summed E-state index contributed by atoms with van der Waals surface area (Å²) in [7, 11) is 0. The lowest BCUT2D eigenvalue weighted by atomic mass is 10.2. The summed E-state index contributed by atoms with van der Waals surface area (Å²) in [4.78, 5) is 15.9. The molecule has 2 heterocycles. The number of aromatic nitrogens is 1. The number of amides is 1. The molecule has 0 atom stereocenters. The Balaban J connectivity index is 2.14. The van der Waals surface area contributed by atoms with Crippen LogP contribution in [0, 0.1) is 18.3 Å². The van der Waals surface area contributed by atoms with Crippen LogP contribution < -0.4 is 5.32 Å². The van der Waals surface area contributed by atoms with Crippen molar-refractivity contribution < 1.29 is 9.21 Å². The maximum Gasteiger partial charge on any atom is 0.258 e. The molecule has 0 bridgehead atoms. The molecule has 0 aliphatic heterocycles. The van der Waals surface area contributed by atoms with Gasteiger partial charge in [-0.3, -0.25) is 15.1 Å². The molecule has 0 aromatic carbocycles. The molecule has 0 aliphatic carbocycles. The van der Waals surface area contributed by atoms with Crippen molar-refractivity contribution in [3.63, 3.8) is 0 Å². The first kappa shape index (κ1) is 11.9. The van der Waals surface area contributed by atoms with Crippen LogP contribution in [0.25, 0.3) is 0 Å². The van der Waals surface area contributed by atoms with Crippen LogP contribution in [0.2, 0.25) is 0 Å². The van der Waals surface area contributed by atoms with Crippen molar-refractivity contribution in [1.29, 1.82) is 5.26 Å². The van der Waals surface area contributed by atoms with E-state index in [-0.39, 0.29) is 12.3 Å². The number of carbonyl (C=O) groups excluding carboxylic acids is 1. The number of aryl methyl sites for hydroxylation is 1. The van der Waals surface area contributed by atoms with E-state index in [0.717, 1.165) is 5.76 Å². The minimum absolute atomic E-state index is 0.182. The lowest BCUT2D eigenvalue weighted by molar-refractivity contribution is 0.102. The van der Waals surface area contributed by atoms with E-state index < -0.39 is 0 Å². The summed E-state index contributed by atoms with van der Waals surface area (Å²) in [6.45, 7) is 1.80. The number of rotatable bonds is 3. The van der Waals surface area contributed by atoms with E-state index in [9.17, 15) is 4.79 Å². The van der Waals surface area contributed by atoms with Crippen molar-refractivity contribution in [1.82, 2.24) is 4.98 Å². The smallest absolute Gasteiger partial charge is 0.258 e. The van der Waals surface area contributed by atoms with Gasteiger partial charge in [0.05, 0.1) is 18.2 Å². The van der Waals surface area contributed by atoms with Crippen molar-refractivity contribution in [2.45, 2.75) is 13.3 Å². The summed E-state index contributed by atoms with van der Waals surface area (Å²) < 4.78 is 5.25. The maximum absolute atomic E-state index is 11.9. The highest BCUT2D eigenvalue weighted by atomic mass is 16.4. The second kappa shape index (κ2) is 5.15. The fraction of sp³-hybridized carbons (Fsp3) is 0.154.